The molecule has 1 aliphatic carbocycles. The van der Waals surface area contributed by atoms with Gasteiger partial charge in [0.2, 0.25) is 0 Å². The summed E-state index contributed by atoms with van der Waals surface area (Å²) in [5.41, 5.74) is 5.49. The van der Waals surface area contributed by atoms with Gasteiger partial charge in [0.25, 0.3) is 0 Å². The van der Waals surface area contributed by atoms with Crippen molar-refractivity contribution in [2.75, 3.05) is 11.4 Å². The third kappa shape index (κ3) is 3.11. The van der Waals surface area contributed by atoms with E-state index in [-0.39, 0.29) is 5.54 Å². The Balaban J connectivity index is 2.07. The average Bonchev–Trinajstić information content (AvgIpc) is 2.77. The van der Waals surface area contributed by atoms with Crippen LogP contribution in [0.3, 0.4) is 0 Å². The van der Waals surface area contributed by atoms with Crippen molar-refractivity contribution in [2.45, 2.75) is 97.4 Å². The SMILES string of the molecule is CC(C)c1cccc(C(C)C)c1N1CC2(CCCCC2)CC1(C)C. The van der Waals surface area contributed by atoms with Gasteiger partial charge in [0.15, 0.2) is 0 Å². The van der Waals surface area contributed by atoms with Crippen LogP contribution < -0.4 is 4.90 Å². The predicted octanol–water partition coefficient (Wildman–Crippen LogP) is 6.87. The lowest BCUT2D eigenvalue weighted by Crippen LogP contribution is -2.39. The van der Waals surface area contributed by atoms with Gasteiger partial charge in [-0.25, -0.2) is 0 Å². The lowest BCUT2D eigenvalue weighted by Gasteiger charge is -2.38. The summed E-state index contributed by atoms with van der Waals surface area (Å²) in [6.07, 6.45) is 8.56. The first-order valence-electron chi connectivity index (χ1n) is 10.2. The molecule has 0 radical (unpaired) electrons. The van der Waals surface area contributed by atoms with Crippen LogP contribution in [-0.4, -0.2) is 12.1 Å². The molecular weight excluding hydrogens is 290 g/mol. The minimum absolute atomic E-state index is 0.270. The van der Waals surface area contributed by atoms with Gasteiger partial charge in [0.1, 0.15) is 0 Å². The Labute approximate surface area is 149 Å². The summed E-state index contributed by atoms with van der Waals surface area (Å²) in [7, 11) is 0. The van der Waals surface area contributed by atoms with Gasteiger partial charge in [-0.1, -0.05) is 65.2 Å². The highest BCUT2D eigenvalue weighted by Crippen LogP contribution is 2.53. The Hall–Kier alpha value is -0.980. The highest BCUT2D eigenvalue weighted by atomic mass is 15.2. The fraction of sp³-hybridized carbons (Fsp3) is 0.739. The molecule has 0 bridgehead atoms. The first-order chi connectivity index (χ1) is 11.3. The zero-order chi connectivity index (χ0) is 17.5. The molecule has 1 aromatic rings. The zero-order valence-corrected chi connectivity index (χ0v) is 16.8. The quantitative estimate of drug-likeness (QED) is 0.585. The van der Waals surface area contributed by atoms with Gasteiger partial charge >= 0.3 is 0 Å². The molecule has 1 spiro atoms. The van der Waals surface area contributed by atoms with E-state index in [0.717, 1.165) is 0 Å². The number of benzene rings is 1. The van der Waals surface area contributed by atoms with Gasteiger partial charge < -0.3 is 4.90 Å². The molecular formula is C23H37N. The Morgan fingerprint density at radius 3 is 1.92 bits per heavy atom. The van der Waals surface area contributed by atoms with Crippen molar-refractivity contribution in [1.29, 1.82) is 0 Å². The largest absolute Gasteiger partial charge is 0.365 e. The van der Waals surface area contributed by atoms with Crippen LogP contribution in [0.25, 0.3) is 0 Å². The Morgan fingerprint density at radius 1 is 0.875 bits per heavy atom. The van der Waals surface area contributed by atoms with Crippen molar-refractivity contribution in [2.24, 2.45) is 5.41 Å². The highest BCUT2D eigenvalue weighted by Gasteiger charge is 2.49. The summed E-state index contributed by atoms with van der Waals surface area (Å²) < 4.78 is 0. The van der Waals surface area contributed by atoms with Crippen LogP contribution in [0, 0.1) is 5.41 Å². The summed E-state index contributed by atoms with van der Waals surface area (Å²) in [5.74, 6) is 1.16. The maximum absolute atomic E-state index is 2.81. The molecule has 1 heterocycles. The van der Waals surface area contributed by atoms with Gasteiger partial charge in [-0.05, 0) is 61.5 Å². The third-order valence-corrected chi connectivity index (χ3v) is 6.56. The van der Waals surface area contributed by atoms with Crippen LogP contribution in [0.5, 0.6) is 0 Å². The summed E-state index contributed by atoms with van der Waals surface area (Å²) in [5, 5.41) is 0. The molecule has 0 atom stereocenters. The molecule has 2 fully saturated rings. The van der Waals surface area contributed by atoms with Crippen molar-refractivity contribution in [1.82, 2.24) is 0 Å². The van der Waals surface area contributed by atoms with Gasteiger partial charge in [-0.2, -0.15) is 0 Å². The van der Waals surface area contributed by atoms with E-state index in [0.29, 0.717) is 17.3 Å². The summed E-state index contributed by atoms with van der Waals surface area (Å²) in [6.45, 7) is 15.6. The molecule has 1 heteroatoms. The lowest BCUT2D eigenvalue weighted by molar-refractivity contribution is 0.204. The van der Waals surface area contributed by atoms with Crippen LogP contribution in [0.15, 0.2) is 18.2 Å². The molecule has 1 aliphatic heterocycles. The molecule has 2 aliphatic rings. The molecule has 134 valence electrons. The maximum atomic E-state index is 2.81. The molecule has 1 saturated carbocycles. The molecule has 0 unspecified atom stereocenters. The van der Waals surface area contributed by atoms with Crippen molar-refractivity contribution in [3.63, 3.8) is 0 Å². The second-order valence-electron chi connectivity index (χ2n) is 9.73. The van der Waals surface area contributed by atoms with Crippen molar-refractivity contribution in [3.05, 3.63) is 29.3 Å². The topological polar surface area (TPSA) is 3.24 Å². The van der Waals surface area contributed by atoms with Gasteiger partial charge in [0, 0.05) is 17.8 Å². The van der Waals surface area contributed by atoms with E-state index in [4.69, 9.17) is 0 Å². The summed E-state index contributed by atoms with van der Waals surface area (Å²) in [6, 6.07) is 7.01. The van der Waals surface area contributed by atoms with Gasteiger partial charge in [0.05, 0.1) is 0 Å². The van der Waals surface area contributed by atoms with E-state index in [1.807, 2.05) is 0 Å². The maximum Gasteiger partial charge on any atom is 0.0441 e. The van der Waals surface area contributed by atoms with Crippen LogP contribution in [0.4, 0.5) is 5.69 Å². The molecule has 1 aromatic carbocycles. The van der Waals surface area contributed by atoms with E-state index in [2.05, 4.69) is 64.6 Å². The predicted molar refractivity (Wildman–Crippen MR) is 106 cm³/mol. The number of nitrogens with zero attached hydrogens (tertiary/aromatic N) is 1. The third-order valence-electron chi connectivity index (χ3n) is 6.56. The fourth-order valence-corrected chi connectivity index (χ4v) is 5.46. The van der Waals surface area contributed by atoms with E-state index in [1.165, 1.54) is 45.1 Å². The normalized spacial score (nSPS) is 22.8. The minimum Gasteiger partial charge on any atom is -0.365 e. The molecule has 1 saturated heterocycles. The second-order valence-corrected chi connectivity index (χ2v) is 9.73. The van der Waals surface area contributed by atoms with Crippen LogP contribution >= 0.6 is 0 Å². The van der Waals surface area contributed by atoms with E-state index in [1.54, 1.807) is 16.8 Å². The zero-order valence-electron chi connectivity index (χ0n) is 16.8. The lowest BCUT2D eigenvalue weighted by atomic mass is 9.71. The van der Waals surface area contributed by atoms with Crippen molar-refractivity contribution < 1.29 is 0 Å². The van der Waals surface area contributed by atoms with Crippen molar-refractivity contribution in [3.8, 4) is 0 Å². The number of hydrogen-bond acceptors (Lipinski definition) is 1. The summed E-state index contributed by atoms with van der Waals surface area (Å²) in [4.78, 5) is 2.81. The Morgan fingerprint density at radius 2 is 1.42 bits per heavy atom. The van der Waals surface area contributed by atoms with Crippen LogP contribution in [-0.2, 0) is 0 Å². The number of anilines is 1. The molecule has 1 nitrogen and oxygen atoms in total. The standard InChI is InChI=1S/C23H37N/c1-17(2)19-11-10-12-20(18(3)4)21(19)24-16-23(15-22(24,5)6)13-8-7-9-14-23/h10-12,17-18H,7-9,13-16H2,1-6H3. The molecule has 0 aromatic heterocycles. The summed E-state index contributed by atoms with van der Waals surface area (Å²) >= 11 is 0. The first-order valence-corrected chi connectivity index (χ1v) is 10.2. The number of rotatable bonds is 3. The molecule has 0 N–H and O–H groups in total. The number of para-hydroxylation sites is 1. The molecule has 3 rings (SSSR count). The minimum atomic E-state index is 0.270. The first kappa shape index (κ1) is 17.8. The smallest absolute Gasteiger partial charge is 0.0441 e. The molecule has 24 heavy (non-hydrogen) atoms. The van der Waals surface area contributed by atoms with Gasteiger partial charge in [-0.15, -0.1) is 0 Å². The fourth-order valence-electron chi connectivity index (χ4n) is 5.46. The second kappa shape index (κ2) is 6.39. The van der Waals surface area contributed by atoms with Crippen molar-refractivity contribution >= 4 is 5.69 Å². The average molecular weight is 328 g/mol. The molecule has 0 amide bonds. The van der Waals surface area contributed by atoms with Crippen LogP contribution in [0.2, 0.25) is 0 Å². The van der Waals surface area contributed by atoms with E-state index >= 15 is 0 Å². The monoisotopic (exact) mass is 327 g/mol. The van der Waals surface area contributed by atoms with E-state index < -0.39 is 0 Å². The van der Waals surface area contributed by atoms with E-state index in [9.17, 15) is 0 Å². The van der Waals surface area contributed by atoms with Crippen LogP contribution in [0.1, 0.15) is 103 Å². The highest BCUT2D eigenvalue weighted by molar-refractivity contribution is 5.64. The Bertz CT molecular complexity index is 549. The van der Waals surface area contributed by atoms with Gasteiger partial charge in [-0.3, -0.25) is 0 Å². The Kier molecular flexibility index (Phi) is 4.75. The number of hydrogen-bond donors (Lipinski definition) is 0.